The van der Waals surface area contributed by atoms with E-state index in [2.05, 4.69) is 10.2 Å². The quantitative estimate of drug-likeness (QED) is 0.765. The number of carbonyl (C=O) groups is 1. The number of nitrogens with one attached hydrogen (secondary N) is 1. The van der Waals surface area contributed by atoms with Gasteiger partial charge in [-0.15, -0.1) is 0 Å². The van der Waals surface area contributed by atoms with Crippen LogP contribution in [0.15, 0.2) is 0 Å². The molecule has 2 heterocycles. The second-order valence-corrected chi connectivity index (χ2v) is 5.49. The summed E-state index contributed by atoms with van der Waals surface area (Å²) in [5.74, 6) is 0.135. The number of piperidine rings is 1. The minimum atomic E-state index is 0.0153. The minimum Gasteiger partial charge on any atom is -0.353 e. The van der Waals surface area contributed by atoms with Gasteiger partial charge in [0.05, 0.1) is 0 Å². The van der Waals surface area contributed by atoms with E-state index in [0.29, 0.717) is 18.5 Å². The molecule has 2 fully saturated rings. The summed E-state index contributed by atoms with van der Waals surface area (Å²) in [5.41, 5.74) is 5.80. The normalized spacial score (nSPS) is 30.9. The molecule has 4 heteroatoms. The van der Waals surface area contributed by atoms with Gasteiger partial charge in [-0.2, -0.15) is 0 Å². The van der Waals surface area contributed by atoms with E-state index in [1.54, 1.807) is 0 Å². The van der Waals surface area contributed by atoms with Crippen molar-refractivity contribution in [3.05, 3.63) is 0 Å². The van der Waals surface area contributed by atoms with E-state index in [1.807, 2.05) is 6.92 Å². The van der Waals surface area contributed by atoms with E-state index in [-0.39, 0.29) is 11.9 Å². The number of hydrogen-bond acceptors (Lipinski definition) is 3. The summed E-state index contributed by atoms with van der Waals surface area (Å²) in [6.45, 7) is 4.43. The molecule has 2 saturated heterocycles. The van der Waals surface area contributed by atoms with Gasteiger partial charge in [0.1, 0.15) is 0 Å². The first-order valence-corrected chi connectivity index (χ1v) is 6.98. The highest BCUT2D eigenvalue weighted by molar-refractivity contribution is 5.76. The van der Waals surface area contributed by atoms with Gasteiger partial charge in [0.15, 0.2) is 0 Å². The molecule has 3 N–H and O–H groups in total. The molecule has 0 aromatic rings. The van der Waals surface area contributed by atoms with Crippen molar-refractivity contribution in [2.45, 2.75) is 63.6 Å². The van der Waals surface area contributed by atoms with Crippen molar-refractivity contribution in [3.63, 3.8) is 0 Å². The lowest BCUT2D eigenvalue weighted by Gasteiger charge is -2.35. The molecule has 4 nitrogen and oxygen atoms in total. The molecule has 1 amide bonds. The van der Waals surface area contributed by atoms with Gasteiger partial charge in [0, 0.05) is 31.1 Å². The molecular formula is C13H25N3O. The van der Waals surface area contributed by atoms with Crippen molar-refractivity contribution in [1.29, 1.82) is 0 Å². The van der Waals surface area contributed by atoms with E-state index in [4.69, 9.17) is 5.73 Å². The van der Waals surface area contributed by atoms with Crippen LogP contribution in [0.3, 0.4) is 0 Å². The third-order valence-corrected chi connectivity index (χ3v) is 4.16. The topological polar surface area (TPSA) is 58.4 Å². The maximum Gasteiger partial charge on any atom is 0.221 e. The fourth-order valence-electron chi connectivity index (χ4n) is 3.02. The van der Waals surface area contributed by atoms with Gasteiger partial charge in [-0.1, -0.05) is 6.92 Å². The Morgan fingerprint density at radius 2 is 2.29 bits per heavy atom. The third-order valence-electron chi connectivity index (χ3n) is 4.16. The van der Waals surface area contributed by atoms with E-state index >= 15 is 0 Å². The first kappa shape index (κ1) is 12.8. The third kappa shape index (κ3) is 3.42. The molecule has 0 bridgehead atoms. The molecule has 0 saturated carbocycles. The number of amides is 1. The summed E-state index contributed by atoms with van der Waals surface area (Å²) >= 11 is 0. The van der Waals surface area contributed by atoms with Crippen molar-refractivity contribution in [2.75, 3.05) is 13.1 Å². The van der Waals surface area contributed by atoms with Crippen molar-refractivity contribution in [3.8, 4) is 0 Å². The van der Waals surface area contributed by atoms with E-state index in [9.17, 15) is 4.79 Å². The highest BCUT2D eigenvalue weighted by Gasteiger charge is 2.32. The first-order chi connectivity index (χ1) is 8.19. The van der Waals surface area contributed by atoms with Crippen molar-refractivity contribution in [2.24, 2.45) is 5.73 Å². The van der Waals surface area contributed by atoms with Crippen molar-refractivity contribution < 1.29 is 4.79 Å². The van der Waals surface area contributed by atoms with Gasteiger partial charge in [-0.3, -0.25) is 4.79 Å². The Hall–Kier alpha value is -0.610. The maximum atomic E-state index is 11.8. The Labute approximate surface area is 104 Å². The Balaban J connectivity index is 1.74. The lowest BCUT2D eigenvalue weighted by molar-refractivity contribution is -0.122. The zero-order valence-corrected chi connectivity index (χ0v) is 10.8. The molecular weight excluding hydrogens is 214 g/mol. The fourth-order valence-corrected chi connectivity index (χ4v) is 3.02. The molecule has 2 rings (SSSR count). The van der Waals surface area contributed by atoms with Crippen LogP contribution in [0.25, 0.3) is 0 Å². The van der Waals surface area contributed by atoms with Crippen LogP contribution in [0.2, 0.25) is 0 Å². The average molecular weight is 239 g/mol. The summed E-state index contributed by atoms with van der Waals surface area (Å²) in [7, 11) is 0. The Morgan fingerprint density at radius 1 is 1.47 bits per heavy atom. The molecule has 3 atom stereocenters. The SMILES string of the molecule is CCC(N)CC(=O)NC1CCN2CCCC2C1. The zero-order chi connectivity index (χ0) is 12.3. The largest absolute Gasteiger partial charge is 0.353 e. The number of carbonyl (C=O) groups excluding carboxylic acids is 1. The Bertz CT molecular complexity index is 269. The summed E-state index contributed by atoms with van der Waals surface area (Å²) in [4.78, 5) is 14.3. The van der Waals surface area contributed by atoms with E-state index in [1.165, 1.54) is 19.4 Å². The molecule has 3 unspecified atom stereocenters. The number of hydrogen-bond donors (Lipinski definition) is 2. The van der Waals surface area contributed by atoms with Crippen LogP contribution in [0.1, 0.15) is 45.4 Å². The van der Waals surface area contributed by atoms with E-state index in [0.717, 1.165) is 25.8 Å². The molecule has 0 spiro atoms. The van der Waals surface area contributed by atoms with Crippen LogP contribution < -0.4 is 11.1 Å². The van der Waals surface area contributed by atoms with Gasteiger partial charge in [-0.25, -0.2) is 0 Å². The second kappa shape index (κ2) is 5.83. The number of nitrogens with two attached hydrogens (primary N) is 1. The summed E-state index contributed by atoms with van der Waals surface area (Å²) < 4.78 is 0. The highest BCUT2D eigenvalue weighted by Crippen LogP contribution is 2.26. The zero-order valence-electron chi connectivity index (χ0n) is 10.8. The van der Waals surface area contributed by atoms with Crippen LogP contribution in [0.5, 0.6) is 0 Å². The second-order valence-electron chi connectivity index (χ2n) is 5.49. The molecule has 98 valence electrons. The molecule has 0 aromatic carbocycles. The maximum absolute atomic E-state index is 11.8. The lowest BCUT2D eigenvalue weighted by atomic mass is 9.97. The monoisotopic (exact) mass is 239 g/mol. The fraction of sp³-hybridized carbons (Fsp3) is 0.923. The molecule has 2 aliphatic rings. The first-order valence-electron chi connectivity index (χ1n) is 6.98. The van der Waals surface area contributed by atoms with Gasteiger partial charge in [0.25, 0.3) is 0 Å². The van der Waals surface area contributed by atoms with Crippen LogP contribution in [0, 0.1) is 0 Å². The molecule has 2 aliphatic heterocycles. The Kier molecular flexibility index (Phi) is 4.40. The molecule has 0 radical (unpaired) electrons. The van der Waals surface area contributed by atoms with Crippen LogP contribution in [-0.4, -0.2) is 42.0 Å². The smallest absolute Gasteiger partial charge is 0.221 e. The van der Waals surface area contributed by atoms with Gasteiger partial charge in [-0.05, 0) is 38.6 Å². The number of fused-ring (bicyclic) bond motifs is 1. The van der Waals surface area contributed by atoms with Crippen LogP contribution in [-0.2, 0) is 4.79 Å². The summed E-state index contributed by atoms with van der Waals surface area (Å²) in [6, 6.07) is 1.11. The lowest BCUT2D eigenvalue weighted by Crippen LogP contribution is -2.48. The molecule has 0 aliphatic carbocycles. The van der Waals surface area contributed by atoms with Crippen molar-refractivity contribution in [1.82, 2.24) is 10.2 Å². The van der Waals surface area contributed by atoms with Crippen molar-refractivity contribution >= 4 is 5.91 Å². The summed E-state index contributed by atoms with van der Waals surface area (Å²) in [6.07, 6.45) is 6.21. The van der Waals surface area contributed by atoms with Gasteiger partial charge in [0.2, 0.25) is 5.91 Å². The van der Waals surface area contributed by atoms with Gasteiger partial charge < -0.3 is 16.0 Å². The highest BCUT2D eigenvalue weighted by atomic mass is 16.1. The van der Waals surface area contributed by atoms with Crippen LogP contribution >= 0.6 is 0 Å². The number of nitrogens with zero attached hydrogens (tertiary/aromatic N) is 1. The standard InChI is InChI=1S/C13H25N3O/c1-2-10(14)8-13(17)15-11-5-7-16-6-3-4-12(16)9-11/h10-12H,2-9,14H2,1H3,(H,15,17). The minimum absolute atomic E-state index is 0.0153. The summed E-state index contributed by atoms with van der Waals surface area (Å²) in [5, 5.41) is 3.15. The predicted octanol–water partition coefficient (Wildman–Crippen LogP) is 0.857. The average Bonchev–Trinajstić information content (AvgIpc) is 2.75. The van der Waals surface area contributed by atoms with Gasteiger partial charge >= 0.3 is 0 Å². The Morgan fingerprint density at radius 3 is 3.06 bits per heavy atom. The number of rotatable bonds is 4. The van der Waals surface area contributed by atoms with Crippen LogP contribution in [0.4, 0.5) is 0 Å². The molecule has 0 aromatic heterocycles. The predicted molar refractivity (Wildman–Crippen MR) is 68.6 cm³/mol. The molecule has 17 heavy (non-hydrogen) atoms. The van der Waals surface area contributed by atoms with E-state index < -0.39 is 0 Å².